The first-order valence-corrected chi connectivity index (χ1v) is 10.0. The zero-order chi connectivity index (χ0) is 19.2. The van der Waals surface area contributed by atoms with Crippen molar-refractivity contribution >= 4 is 39.3 Å². The smallest absolute Gasteiger partial charge is 0.153 e. The molecule has 0 fully saturated rings. The fourth-order valence-electron chi connectivity index (χ4n) is 2.96. The molecule has 3 heterocycles. The third kappa shape index (κ3) is 4.14. The van der Waals surface area contributed by atoms with Crippen molar-refractivity contribution in [3.63, 3.8) is 0 Å². The van der Waals surface area contributed by atoms with E-state index in [2.05, 4.69) is 60.4 Å². The lowest BCUT2D eigenvalue weighted by Crippen LogP contribution is -1.90. The largest absolute Gasteiger partial charge is 0.390 e. The maximum absolute atomic E-state index is 5.33. The Hall–Kier alpha value is -2.79. The van der Waals surface area contributed by atoms with Gasteiger partial charge in [0.1, 0.15) is 0 Å². The van der Waals surface area contributed by atoms with Gasteiger partial charge in [-0.2, -0.15) is 0 Å². The number of allylic oxidation sites excluding steroid dienone is 4. The van der Waals surface area contributed by atoms with E-state index in [1.54, 1.807) is 11.3 Å². The molecule has 5 heteroatoms. The first-order valence-electron chi connectivity index (χ1n) is 9.15. The van der Waals surface area contributed by atoms with Crippen molar-refractivity contribution in [3.05, 3.63) is 59.3 Å². The van der Waals surface area contributed by atoms with Crippen molar-refractivity contribution in [2.45, 2.75) is 33.6 Å². The number of hydrogen-bond donors (Lipinski definition) is 1. The molecule has 0 aliphatic carbocycles. The normalized spacial score (nSPS) is 12.0. The van der Waals surface area contributed by atoms with Gasteiger partial charge in [-0.1, -0.05) is 31.6 Å². The van der Waals surface area contributed by atoms with Crippen molar-refractivity contribution in [1.29, 1.82) is 0 Å². The van der Waals surface area contributed by atoms with Crippen molar-refractivity contribution in [2.75, 3.05) is 0 Å². The molecule has 0 saturated carbocycles. The van der Waals surface area contributed by atoms with Crippen LogP contribution in [0.2, 0.25) is 0 Å². The van der Waals surface area contributed by atoms with Crippen LogP contribution in [-0.4, -0.2) is 16.3 Å². The van der Waals surface area contributed by atoms with Gasteiger partial charge >= 0.3 is 0 Å². The fraction of sp³-hybridized carbons (Fsp3) is 0.227. The molecule has 0 atom stereocenters. The molecular weight excluding hydrogens is 352 g/mol. The van der Waals surface area contributed by atoms with Crippen molar-refractivity contribution < 1.29 is 0 Å². The predicted molar refractivity (Wildman–Crippen MR) is 118 cm³/mol. The Morgan fingerprint density at radius 2 is 2.00 bits per heavy atom. The molecule has 0 saturated heterocycles. The van der Waals surface area contributed by atoms with Gasteiger partial charge in [0.05, 0.1) is 22.2 Å². The van der Waals surface area contributed by atoms with Gasteiger partial charge in [0, 0.05) is 22.7 Å². The van der Waals surface area contributed by atoms with E-state index in [1.807, 2.05) is 18.3 Å². The van der Waals surface area contributed by atoms with E-state index in [0.29, 0.717) is 5.82 Å². The van der Waals surface area contributed by atoms with Gasteiger partial charge in [0.25, 0.3) is 0 Å². The quantitative estimate of drug-likeness (QED) is 0.320. The summed E-state index contributed by atoms with van der Waals surface area (Å²) in [5.74, 6) is 0.599. The average Bonchev–Trinajstić information content (AvgIpc) is 3.13. The van der Waals surface area contributed by atoms with Crippen LogP contribution in [0.15, 0.2) is 58.6 Å². The molecule has 138 valence electrons. The van der Waals surface area contributed by atoms with E-state index in [-0.39, 0.29) is 0 Å². The molecule has 3 aromatic rings. The van der Waals surface area contributed by atoms with E-state index < -0.39 is 0 Å². The summed E-state index contributed by atoms with van der Waals surface area (Å²) in [6.07, 6.45) is 9.59. The maximum atomic E-state index is 5.33. The van der Waals surface area contributed by atoms with E-state index in [1.165, 1.54) is 22.2 Å². The molecule has 0 aliphatic rings. The minimum atomic E-state index is 0.599. The van der Waals surface area contributed by atoms with E-state index in [4.69, 9.17) is 10.7 Å². The summed E-state index contributed by atoms with van der Waals surface area (Å²) in [5.41, 5.74) is 12.1. The van der Waals surface area contributed by atoms with Crippen LogP contribution in [0, 0.1) is 0 Å². The van der Waals surface area contributed by atoms with Crippen LogP contribution < -0.4 is 5.73 Å². The van der Waals surface area contributed by atoms with Crippen LogP contribution in [0.4, 0.5) is 5.82 Å². The Morgan fingerprint density at radius 3 is 2.63 bits per heavy atom. The van der Waals surface area contributed by atoms with Crippen molar-refractivity contribution in [1.82, 2.24) is 9.97 Å². The molecular formula is C22H24N4S. The third-order valence-electron chi connectivity index (χ3n) is 4.56. The number of aliphatic imine (C=N–C) groups is 1. The maximum Gasteiger partial charge on any atom is 0.153 e. The molecule has 0 bridgehead atoms. The number of nitrogens with two attached hydrogens (primary N) is 1. The van der Waals surface area contributed by atoms with Gasteiger partial charge in [-0.15, -0.1) is 11.3 Å². The lowest BCUT2D eigenvalue weighted by molar-refractivity contribution is 0.978. The van der Waals surface area contributed by atoms with E-state index in [9.17, 15) is 0 Å². The van der Waals surface area contributed by atoms with Gasteiger partial charge in [-0.3, -0.25) is 0 Å². The Balaban J connectivity index is 2.05. The number of fused-ring (bicyclic) bond motifs is 1. The highest BCUT2D eigenvalue weighted by Gasteiger charge is 2.11. The number of thiophene rings is 1. The van der Waals surface area contributed by atoms with Gasteiger partial charge in [0.2, 0.25) is 0 Å². The van der Waals surface area contributed by atoms with Gasteiger partial charge in [-0.05, 0) is 49.6 Å². The second-order valence-corrected chi connectivity index (χ2v) is 7.04. The molecule has 3 rings (SSSR count). The van der Waals surface area contributed by atoms with Crippen LogP contribution in [0.5, 0.6) is 0 Å². The number of aromatic nitrogens is 2. The number of hydrogen-bond acceptors (Lipinski definition) is 4. The summed E-state index contributed by atoms with van der Waals surface area (Å²) in [4.78, 5) is 13.3. The Kier molecular flexibility index (Phi) is 6.14. The van der Waals surface area contributed by atoms with E-state index >= 15 is 0 Å². The van der Waals surface area contributed by atoms with Crippen molar-refractivity contribution in [3.8, 4) is 11.1 Å². The molecule has 0 spiro atoms. The van der Waals surface area contributed by atoms with Crippen LogP contribution in [0.25, 0.3) is 26.9 Å². The minimum Gasteiger partial charge on any atom is -0.390 e. The highest BCUT2D eigenvalue weighted by atomic mass is 32.1. The fourth-order valence-corrected chi connectivity index (χ4v) is 3.86. The summed E-state index contributed by atoms with van der Waals surface area (Å²) in [5, 5.41) is 2.14. The topological polar surface area (TPSA) is 64.2 Å². The standard InChI is InChI=1S/C22H24N4S/c1-4-15(5-2)11-16(6-3)19-8-9-20-22(26-19)18(13-27-20)17-7-10-21(24-12-17)25-14-23/h6-14H,4-5H2,1-3H3,(H2,23,24,25)/b16-6+. The molecule has 0 unspecified atom stereocenters. The molecule has 0 radical (unpaired) electrons. The summed E-state index contributed by atoms with van der Waals surface area (Å²) < 4.78 is 1.17. The van der Waals surface area contributed by atoms with Crippen LogP contribution in [0.1, 0.15) is 39.3 Å². The Bertz CT molecular complexity index is 1000. The number of pyridine rings is 2. The molecule has 4 nitrogen and oxygen atoms in total. The summed E-state index contributed by atoms with van der Waals surface area (Å²) in [6, 6.07) is 8.13. The summed E-state index contributed by atoms with van der Waals surface area (Å²) in [6.45, 7) is 6.46. The predicted octanol–water partition coefficient (Wildman–Crippen LogP) is 6.13. The lowest BCUT2D eigenvalue weighted by Gasteiger charge is -2.06. The van der Waals surface area contributed by atoms with Gasteiger partial charge in [0.15, 0.2) is 5.82 Å². The Morgan fingerprint density at radius 1 is 1.19 bits per heavy atom. The van der Waals surface area contributed by atoms with Gasteiger partial charge in [-0.25, -0.2) is 15.0 Å². The number of rotatable bonds is 6. The zero-order valence-electron chi connectivity index (χ0n) is 15.9. The number of nitrogens with zero attached hydrogens (tertiary/aromatic N) is 3. The monoisotopic (exact) mass is 376 g/mol. The highest BCUT2D eigenvalue weighted by molar-refractivity contribution is 7.17. The molecule has 0 amide bonds. The first kappa shape index (κ1) is 19.0. The molecule has 27 heavy (non-hydrogen) atoms. The summed E-state index contributed by atoms with van der Waals surface area (Å²) >= 11 is 1.70. The van der Waals surface area contributed by atoms with Crippen LogP contribution >= 0.6 is 11.3 Å². The second kappa shape index (κ2) is 8.73. The second-order valence-electron chi connectivity index (χ2n) is 6.13. The Labute approximate surface area is 164 Å². The van der Waals surface area contributed by atoms with Crippen LogP contribution in [0.3, 0.4) is 0 Å². The zero-order valence-corrected chi connectivity index (χ0v) is 16.8. The molecule has 3 aromatic heterocycles. The minimum absolute atomic E-state index is 0.599. The SMILES string of the molecule is C/C=C(\C=C(CC)CC)c1ccc2scc(-c3ccc(N=CN)nc3)c2n1. The van der Waals surface area contributed by atoms with Crippen molar-refractivity contribution in [2.24, 2.45) is 10.7 Å². The molecule has 0 aliphatic heterocycles. The average molecular weight is 377 g/mol. The molecule has 2 N–H and O–H groups in total. The highest BCUT2D eigenvalue weighted by Crippen LogP contribution is 2.34. The van der Waals surface area contributed by atoms with Gasteiger partial charge < -0.3 is 5.73 Å². The van der Waals surface area contributed by atoms with Crippen LogP contribution in [-0.2, 0) is 0 Å². The summed E-state index contributed by atoms with van der Waals surface area (Å²) in [7, 11) is 0. The third-order valence-corrected chi connectivity index (χ3v) is 5.49. The lowest BCUT2D eigenvalue weighted by atomic mass is 10.0. The first-order chi connectivity index (χ1) is 13.2. The molecule has 0 aromatic carbocycles. The van der Waals surface area contributed by atoms with E-state index in [0.717, 1.165) is 35.2 Å².